The second-order valence-corrected chi connectivity index (χ2v) is 4.72. The third-order valence-corrected chi connectivity index (χ3v) is 3.07. The van der Waals surface area contributed by atoms with Crippen molar-refractivity contribution in [2.45, 2.75) is 6.54 Å². The number of methoxy groups -OCH3 is 1. The van der Waals surface area contributed by atoms with Crippen LogP contribution in [-0.4, -0.2) is 31.1 Å². The van der Waals surface area contributed by atoms with Crippen LogP contribution in [0.2, 0.25) is 0 Å². The number of amides is 1. The van der Waals surface area contributed by atoms with Gasteiger partial charge in [-0.2, -0.15) is 0 Å². The van der Waals surface area contributed by atoms with E-state index < -0.39 is 0 Å². The van der Waals surface area contributed by atoms with E-state index in [1.165, 1.54) is 18.2 Å². The molecule has 1 aromatic carbocycles. The summed E-state index contributed by atoms with van der Waals surface area (Å²) in [6, 6.07) is 9.65. The van der Waals surface area contributed by atoms with Crippen LogP contribution in [0.3, 0.4) is 0 Å². The summed E-state index contributed by atoms with van der Waals surface area (Å²) in [5, 5.41) is 0. The summed E-state index contributed by atoms with van der Waals surface area (Å²) in [7, 11) is 1.58. The van der Waals surface area contributed by atoms with Crippen LogP contribution in [0.25, 0.3) is 6.08 Å². The lowest BCUT2D eigenvalue weighted by molar-refractivity contribution is -0.127. The fraction of sp³-hybridized carbons (Fsp3) is 0.235. The van der Waals surface area contributed by atoms with Gasteiger partial charge in [-0.25, -0.2) is 4.39 Å². The van der Waals surface area contributed by atoms with Crippen LogP contribution in [0.4, 0.5) is 4.39 Å². The van der Waals surface area contributed by atoms with Crippen molar-refractivity contribution in [1.82, 2.24) is 4.90 Å². The van der Waals surface area contributed by atoms with Crippen LogP contribution < -0.4 is 0 Å². The van der Waals surface area contributed by atoms with E-state index in [-0.39, 0.29) is 11.7 Å². The van der Waals surface area contributed by atoms with E-state index in [0.717, 1.165) is 0 Å². The molecule has 5 heteroatoms. The number of furan rings is 1. The Morgan fingerprint density at radius 1 is 1.36 bits per heavy atom. The molecule has 4 nitrogen and oxygen atoms in total. The number of rotatable bonds is 7. The zero-order valence-electron chi connectivity index (χ0n) is 12.4. The highest BCUT2D eigenvalue weighted by molar-refractivity contribution is 5.91. The van der Waals surface area contributed by atoms with Gasteiger partial charge in [0.1, 0.15) is 11.6 Å². The third kappa shape index (κ3) is 4.86. The van der Waals surface area contributed by atoms with Gasteiger partial charge in [-0.3, -0.25) is 4.79 Å². The van der Waals surface area contributed by atoms with Gasteiger partial charge in [0, 0.05) is 19.7 Å². The Morgan fingerprint density at radius 3 is 2.91 bits per heavy atom. The highest BCUT2D eigenvalue weighted by Crippen LogP contribution is 2.09. The summed E-state index contributed by atoms with van der Waals surface area (Å²) in [5.74, 6) is 0.183. The maximum Gasteiger partial charge on any atom is 0.247 e. The molecule has 0 spiro atoms. The van der Waals surface area contributed by atoms with Gasteiger partial charge in [-0.05, 0) is 35.9 Å². The number of benzene rings is 1. The van der Waals surface area contributed by atoms with Crippen molar-refractivity contribution in [2.75, 3.05) is 20.3 Å². The van der Waals surface area contributed by atoms with Crippen molar-refractivity contribution >= 4 is 12.0 Å². The molecule has 0 aliphatic rings. The smallest absolute Gasteiger partial charge is 0.247 e. The normalized spacial score (nSPS) is 11.0. The van der Waals surface area contributed by atoms with E-state index in [9.17, 15) is 9.18 Å². The predicted octanol–water partition coefficient (Wildman–Crippen LogP) is 3.11. The van der Waals surface area contributed by atoms with Gasteiger partial charge < -0.3 is 14.1 Å². The van der Waals surface area contributed by atoms with Crippen LogP contribution in [-0.2, 0) is 16.1 Å². The van der Waals surface area contributed by atoms with Crippen LogP contribution in [0.15, 0.2) is 53.2 Å². The molecular weight excluding hydrogens is 285 g/mol. The van der Waals surface area contributed by atoms with Crippen LogP contribution in [0, 0.1) is 5.82 Å². The summed E-state index contributed by atoms with van der Waals surface area (Å²) < 4.78 is 23.4. The number of ether oxygens (including phenoxy) is 1. The summed E-state index contributed by atoms with van der Waals surface area (Å²) in [4.78, 5) is 13.9. The maximum atomic E-state index is 13.1. The average Bonchev–Trinajstić information content (AvgIpc) is 3.02. The average molecular weight is 303 g/mol. The molecule has 1 aromatic heterocycles. The maximum absolute atomic E-state index is 13.1. The highest BCUT2D eigenvalue weighted by Gasteiger charge is 2.12. The minimum absolute atomic E-state index is 0.183. The number of carbonyl (C=O) groups excluding carboxylic acids is 1. The fourth-order valence-electron chi connectivity index (χ4n) is 1.94. The Labute approximate surface area is 128 Å². The van der Waals surface area contributed by atoms with Gasteiger partial charge in [-0.15, -0.1) is 0 Å². The van der Waals surface area contributed by atoms with E-state index in [0.29, 0.717) is 31.0 Å². The second-order valence-electron chi connectivity index (χ2n) is 4.72. The summed E-state index contributed by atoms with van der Waals surface area (Å²) in [6.45, 7) is 1.24. The summed E-state index contributed by atoms with van der Waals surface area (Å²) in [5.41, 5.74) is 0.637. The van der Waals surface area contributed by atoms with Crippen molar-refractivity contribution in [2.24, 2.45) is 0 Å². The minimum atomic E-state index is -0.332. The van der Waals surface area contributed by atoms with Gasteiger partial charge in [0.15, 0.2) is 0 Å². The minimum Gasteiger partial charge on any atom is -0.467 e. The van der Waals surface area contributed by atoms with Crippen molar-refractivity contribution < 1.29 is 18.3 Å². The molecule has 0 saturated heterocycles. The van der Waals surface area contributed by atoms with Gasteiger partial charge in [0.05, 0.1) is 19.4 Å². The lowest BCUT2D eigenvalue weighted by Gasteiger charge is -2.19. The second kappa shape index (κ2) is 8.14. The van der Waals surface area contributed by atoms with E-state index in [1.807, 2.05) is 6.07 Å². The van der Waals surface area contributed by atoms with Crippen LogP contribution in [0.5, 0.6) is 0 Å². The molecule has 0 N–H and O–H groups in total. The molecule has 0 fully saturated rings. The summed E-state index contributed by atoms with van der Waals surface area (Å²) in [6.07, 6.45) is 4.58. The largest absolute Gasteiger partial charge is 0.467 e. The Bertz CT molecular complexity index is 623. The highest BCUT2D eigenvalue weighted by atomic mass is 19.1. The molecule has 0 unspecified atom stereocenters. The summed E-state index contributed by atoms with van der Waals surface area (Å²) >= 11 is 0. The Morgan fingerprint density at radius 2 is 2.23 bits per heavy atom. The number of carbonyl (C=O) groups is 1. The monoisotopic (exact) mass is 303 g/mol. The third-order valence-electron chi connectivity index (χ3n) is 3.07. The number of hydrogen-bond donors (Lipinski definition) is 0. The first-order valence-electron chi connectivity index (χ1n) is 6.93. The Hall–Kier alpha value is -2.40. The molecular formula is C17H18FNO3. The van der Waals surface area contributed by atoms with Gasteiger partial charge in [0.25, 0.3) is 0 Å². The van der Waals surface area contributed by atoms with E-state index in [4.69, 9.17) is 9.15 Å². The number of halogens is 1. The van der Waals surface area contributed by atoms with Gasteiger partial charge >= 0.3 is 0 Å². The van der Waals surface area contributed by atoms with Crippen molar-refractivity contribution in [3.8, 4) is 0 Å². The first kappa shape index (κ1) is 16.0. The molecule has 22 heavy (non-hydrogen) atoms. The molecule has 1 amide bonds. The zero-order valence-corrected chi connectivity index (χ0v) is 12.4. The molecule has 116 valence electrons. The lowest BCUT2D eigenvalue weighted by Crippen LogP contribution is -2.31. The quantitative estimate of drug-likeness (QED) is 0.738. The topological polar surface area (TPSA) is 42.7 Å². The molecule has 0 radical (unpaired) electrons. The van der Waals surface area contributed by atoms with Gasteiger partial charge in [0.2, 0.25) is 5.91 Å². The Balaban J connectivity index is 2.04. The van der Waals surface area contributed by atoms with Crippen molar-refractivity contribution in [3.05, 3.63) is 65.9 Å². The van der Waals surface area contributed by atoms with E-state index in [1.54, 1.807) is 42.5 Å². The SMILES string of the molecule is COCCN(Cc1ccco1)C(=O)/C=C/c1cccc(F)c1. The van der Waals surface area contributed by atoms with Gasteiger partial charge in [-0.1, -0.05) is 12.1 Å². The zero-order chi connectivity index (χ0) is 15.8. The first-order valence-corrected chi connectivity index (χ1v) is 6.93. The number of hydrogen-bond acceptors (Lipinski definition) is 3. The first-order chi connectivity index (χ1) is 10.7. The molecule has 2 aromatic rings. The molecule has 0 saturated carbocycles. The lowest BCUT2D eigenvalue weighted by atomic mass is 10.2. The fourth-order valence-corrected chi connectivity index (χ4v) is 1.94. The number of nitrogens with zero attached hydrogens (tertiary/aromatic N) is 1. The van der Waals surface area contributed by atoms with Crippen LogP contribution >= 0.6 is 0 Å². The molecule has 0 bridgehead atoms. The molecule has 0 aliphatic heterocycles. The van der Waals surface area contributed by atoms with E-state index in [2.05, 4.69) is 0 Å². The molecule has 1 heterocycles. The van der Waals surface area contributed by atoms with Crippen molar-refractivity contribution in [1.29, 1.82) is 0 Å². The molecule has 2 rings (SSSR count). The Kier molecular flexibility index (Phi) is 5.91. The standard InChI is InChI=1S/C17H18FNO3/c1-21-11-9-19(13-16-6-3-10-22-16)17(20)8-7-14-4-2-5-15(18)12-14/h2-8,10,12H,9,11,13H2,1H3/b8-7+. The van der Waals surface area contributed by atoms with Crippen molar-refractivity contribution in [3.63, 3.8) is 0 Å². The predicted molar refractivity (Wildman–Crippen MR) is 81.4 cm³/mol. The van der Waals surface area contributed by atoms with E-state index >= 15 is 0 Å². The molecule has 0 aliphatic carbocycles. The molecule has 0 atom stereocenters. The van der Waals surface area contributed by atoms with Crippen LogP contribution in [0.1, 0.15) is 11.3 Å².